The number of anilines is 1. The van der Waals surface area contributed by atoms with E-state index in [4.69, 9.17) is 9.84 Å². The van der Waals surface area contributed by atoms with Crippen LogP contribution in [0.25, 0.3) is 0 Å². The minimum absolute atomic E-state index is 0.300. The average molecular weight is 361 g/mol. The fourth-order valence-corrected chi connectivity index (χ4v) is 3.22. The zero-order valence-corrected chi connectivity index (χ0v) is 13.9. The van der Waals surface area contributed by atoms with Gasteiger partial charge in [-0.25, -0.2) is 4.98 Å². The number of aryl methyl sites for hydroxylation is 1. The van der Waals surface area contributed by atoms with Crippen LogP contribution in [0, 0.1) is 6.92 Å². The number of halogens is 3. The molecule has 3 rings (SSSR count). The van der Waals surface area contributed by atoms with Crippen LogP contribution in [-0.2, 0) is 11.3 Å². The lowest BCUT2D eigenvalue weighted by atomic mass is 10.1. The van der Waals surface area contributed by atoms with Gasteiger partial charge in [-0.3, -0.25) is 5.32 Å². The van der Waals surface area contributed by atoms with E-state index < -0.39 is 25.1 Å². The number of alkyl halides is 3. The third kappa shape index (κ3) is 4.05. The van der Waals surface area contributed by atoms with Crippen LogP contribution in [0.4, 0.5) is 19.0 Å². The number of pyridine rings is 1. The Bertz CT molecular complexity index is 619. The van der Waals surface area contributed by atoms with Gasteiger partial charge in [-0.1, -0.05) is 0 Å². The first-order valence-corrected chi connectivity index (χ1v) is 8.29. The summed E-state index contributed by atoms with van der Waals surface area (Å²) in [6, 6.07) is 1.92. The van der Waals surface area contributed by atoms with Crippen LogP contribution in [-0.4, -0.2) is 53.3 Å². The summed E-state index contributed by atoms with van der Waals surface area (Å²) in [4.78, 5) is 6.72. The van der Waals surface area contributed by atoms with Crippen molar-refractivity contribution in [1.82, 2.24) is 10.3 Å². The second-order valence-electron chi connectivity index (χ2n) is 6.53. The van der Waals surface area contributed by atoms with Crippen molar-refractivity contribution in [2.24, 2.45) is 0 Å². The maximum absolute atomic E-state index is 12.3. The molecule has 25 heavy (non-hydrogen) atoms. The van der Waals surface area contributed by atoms with E-state index in [-0.39, 0.29) is 6.10 Å². The van der Waals surface area contributed by atoms with Crippen LogP contribution >= 0.6 is 0 Å². The highest BCUT2D eigenvalue weighted by atomic mass is 19.4. The van der Waals surface area contributed by atoms with Gasteiger partial charge < -0.3 is 19.8 Å². The number of nitrogens with zero attached hydrogens (tertiary/aromatic N) is 2. The molecule has 0 aliphatic carbocycles. The predicted octanol–water partition coefficient (Wildman–Crippen LogP) is 1.39. The standard InChI is InChI=1S/C16H22F3N3O3/c1-9-6-11-12(7-20-15(11)24)21-14(9)22-4-2-10(3-5-22)25-8-13(23)16(17,18)19/h6,10,13,15,20,23-24H,2-5,7-8H2,1H3. The molecule has 0 spiro atoms. The lowest BCUT2D eigenvalue weighted by Crippen LogP contribution is -2.40. The molecule has 3 N–H and O–H groups in total. The van der Waals surface area contributed by atoms with Gasteiger partial charge in [0.05, 0.1) is 18.4 Å². The van der Waals surface area contributed by atoms with E-state index in [1.807, 2.05) is 13.0 Å². The van der Waals surface area contributed by atoms with Crippen LogP contribution in [0.1, 0.15) is 35.9 Å². The summed E-state index contributed by atoms with van der Waals surface area (Å²) < 4.78 is 42.1. The highest BCUT2D eigenvalue weighted by Gasteiger charge is 2.39. The highest BCUT2D eigenvalue weighted by molar-refractivity contribution is 5.50. The summed E-state index contributed by atoms with van der Waals surface area (Å²) in [5, 5.41) is 21.7. The van der Waals surface area contributed by atoms with Gasteiger partial charge in [0.2, 0.25) is 0 Å². The van der Waals surface area contributed by atoms with E-state index in [9.17, 15) is 18.3 Å². The van der Waals surface area contributed by atoms with Gasteiger partial charge in [0.25, 0.3) is 0 Å². The molecule has 0 radical (unpaired) electrons. The number of ether oxygens (including phenoxy) is 1. The lowest BCUT2D eigenvalue weighted by Gasteiger charge is -2.34. The fourth-order valence-electron chi connectivity index (χ4n) is 3.22. The van der Waals surface area contributed by atoms with E-state index >= 15 is 0 Å². The molecule has 140 valence electrons. The summed E-state index contributed by atoms with van der Waals surface area (Å²) in [7, 11) is 0. The highest BCUT2D eigenvalue weighted by Crippen LogP contribution is 2.30. The molecular formula is C16H22F3N3O3. The Balaban J connectivity index is 1.56. The Morgan fingerprint density at radius 3 is 2.72 bits per heavy atom. The van der Waals surface area contributed by atoms with Crippen molar-refractivity contribution in [2.75, 3.05) is 24.6 Å². The Morgan fingerprint density at radius 2 is 2.08 bits per heavy atom. The molecular weight excluding hydrogens is 339 g/mol. The van der Waals surface area contributed by atoms with Crippen LogP contribution in [0.3, 0.4) is 0 Å². The number of aliphatic hydroxyl groups is 2. The average Bonchev–Trinajstić information content (AvgIpc) is 2.92. The topological polar surface area (TPSA) is 77.9 Å². The number of aliphatic hydroxyl groups excluding tert-OH is 2. The van der Waals surface area contributed by atoms with Crippen molar-refractivity contribution in [3.63, 3.8) is 0 Å². The van der Waals surface area contributed by atoms with Crippen molar-refractivity contribution >= 4 is 5.82 Å². The summed E-state index contributed by atoms with van der Waals surface area (Å²) >= 11 is 0. The second-order valence-corrected chi connectivity index (χ2v) is 6.53. The van der Waals surface area contributed by atoms with Gasteiger partial charge in [-0.15, -0.1) is 0 Å². The predicted molar refractivity (Wildman–Crippen MR) is 84.0 cm³/mol. The van der Waals surface area contributed by atoms with Gasteiger partial charge >= 0.3 is 6.18 Å². The number of fused-ring (bicyclic) bond motifs is 1. The first-order valence-electron chi connectivity index (χ1n) is 8.29. The third-order valence-corrected chi connectivity index (χ3v) is 4.67. The number of hydrogen-bond acceptors (Lipinski definition) is 6. The number of piperidine rings is 1. The molecule has 9 heteroatoms. The monoisotopic (exact) mass is 361 g/mol. The van der Waals surface area contributed by atoms with Crippen LogP contribution in [0.2, 0.25) is 0 Å². The van der Waals surface area contributed by atoms with Crippen LogP contribution in [0.5, 0.6) is 0 Å². The largest absolute Gasteiger partial charge is 0.416 e. The van der Waals surface area contributed by atoms with E-state index in [0.29, 0.717) is 32.5 Å². The lowest BCUT2D eigenvalue weighted by molar-refractivity contribution is -0.221. The molecule has 0 aromatic carbocycles. The Morgan fingerprint density at radius 1 is 1.40 bits per heavy atom. The van der Waals surface area contributed by atoms with Crippen molar-refractivity contribution in [3.05, 3.63) is 22.9 Å². The molecule has 3 heterocycles. The van der Waals surface area contributed by atoms with Crippen molar-refractivity contribution in [3.8, 4) is 0 Å². The molecule has 1 fully saturated rings. The smallest absolute Gasteiger partial charge is 0.382 e. The van der Waals surface area contributed by atoms with Crippen molar-refractivity contribution < 1.29 is 28.1 Å². The van der Waals surface area contributed by atoms with E-state index in [1.54, 1.807) is 0 Å². The van der Waals surface area contributed by atoms with E-state index in [2.05, 4.69) is 15.2 Å². The maximum atomic E-state index is 12.3. The molecule has 2 atom stereocenters. The fraction of sp³-hybridized carbons (Fsp3) is 0.688. The van der Waals surface area contributed by atoms with Crippen molar-refractivity contribution in [2.45, 2.75) is 50.9 Å². The first-order chi connectivity index (χ1) is 11.8. The minimum atomic E-state index is -4.65. The third-order valence-electron chi connectivity index (χ3n) is 4.67. The first kappa shape index (κ1) is 18.4. The summed E-state index contributed by atoms with van der Waals surface area (Å²) in [6.07, 6.45) is -6.93. The second kappa shape index (κ2) is 7.06. The molecule has 0 amide bonds. The van der Waals surface area contributed by atoms with E-state index in [1.165, 1.54) is 0 Å². The molecule has 0 saturated carbocycles. The normalized spacial score (nSPS) is 23.0. The molecule has 2 aliphatic rings. The van der Waals surface area contributed by atoms with Crippen molar-refractivity contribution in [1.29, 1.82) is 0 Å². The number of rotatable bonds is 4. The van der Waals surface area contributed by atoms with Gasteiger partial charge in [0, 0.05) is 25.2 Å². The van der Waals surface area contributed by atoms with Crippen LogP contribution in [0.15, 0.2) is 6.07 Å². The van der Waals surface area contributed by atoms with Gasteiger partial charge in [-0.05, 0) is 31.4 Å². The quantitative estimate of drug-likeness (QED) is 0.752. The summed E-state index contributed by atoms with van der Waals surface area (Å²) in [5.41, 5.74) is 2.56. The summed E-state index contributed by atoms with van der Waals surface area (Å²) in [6.45, 7) is 2.95. The van der Waals surface area contributed by atoms with Gasteiger partial charge in [0.1, 0.15) is 12.0 Å². The number of hydrogen-bond donors (Lipinski definition) is 3. The van der Waals surface area contributed by atoms with Gasteiger partial charge in [0.15, 0.2) is 6.10 Å². The molecule has 1 saturated heterocycles. The Kier molecular flexibility index (Phi) is 5.19. The number of aromatic nitrogens is 1. The Labute approximate surface area is 143 Å². The maximum Gasteiger partial charge on any atom is 0.416 e. The molecule has 2 aliphatic heterocycles. The molecule has 2 unspecified atom stereocenters. The number of nitrogens with one attached hydrogen (secondary N) is 1. The minimum Gasteiger partial charge on any atom is -0.382 e. The molecule has 1 aromatic heterocycles. The van der Waals surface area contributed by atoms with E-state index in [0.717, 1.165) is 22.6 Å². The Hall–Kier alpha value is -1.42. The molecule has 1 aromatic rings. The zero-order chi connectivity index (χ0) is 18.2. The van der Waals surface area contributed by atoms with Crippen LogP contribution < -0.4 is 10.2 Å². The SMILES string of the molecule is Cc1cc2c(nc1N1CCC(OCC(O)C(F)(F)F)CC1)CNC2O. The zero-order valence-electron chi connectivity index (χ0n) is 13.9. The summed E-state index contributed by atoms with van der Waals surface area (Å²) in [5.74, 6) is 0.837. The molecule has 6 nitrogen and oxygen atoms in total. The van der Waals surface area contributed by atoms with Gasteiger partial charge in [-0.2, -0.15) is 13.2 Å². The molecule has 0 bridgehead atoms.